The lowest BCUT2D eigenvalue weighted by atomic mass is 10.1. The van der Waals surface area contributed by atoms with Crippen LogP contribution >= 0.6 is 11.6 Å². The summed E-state index contributed by atoms with van der Waals surface area (Å²) in [4.78, 5) is 12.7. The summed E-state index contributed by atoms with van der Waals surface area (Å²) in [7, 11) is 3.12. The van der Waals surface area contributed by atoms with E-state index in [1.807, 2.05) is 50.2 Å². The van der Waals surface area contributed by atoms with Crippen LogP contribution in [0.25, 0.3) is 11.8 Å². The summed E-state index contributed by atoms with van der Waals surface area (Å²) in [5.41, 5.74) is 3.98. The van der Waals surface area contributed by atoms with Crippen molar-refractivity contribution in [1.82, 2.24) is 4.57 Å². The van der Waals surface area contributed by atoms with E-state index in [0.717, 1.165) is 28.4 Å². The molecule has 0 aliphatic carbocycles. The molecular weight excluding hydrogens is 414 g/mol. The van der Waals surface area contributed by atoms with Crippen LogP contribution in [-0.2, 0) is 4.79 Å². The maximum Gasteiger partial charge on any atom is 0.266 e. The second-order valence-electron chi connectivity index (χ2n) is 6.83. The van der Waals surface area contributed by atoms with Gasteiger partial charge in [-0.15, -0.1) is 0 Å². The summed E-state index contributed by atoms with van der Waals surface area (Å²) in [6.07, 6.45) is 1.58. The fourth-order valence-electron chi connectivity index (χ4n) is 3.33. The molecular formula is C24H22ClN3O3. The Kier molecular flexibility index (Phi) is 6.68. The molecule has 0 atom stereocenters. The number of aryl methyl sites for hydroxylation is 1. The minimum atomic E-state index is -0.544. The third kappa shape index (κ3) is 4.73. The average molecular weight is 436 g/mol. The highest BCUT2D eigenvalue weighted by molar-refractivity contribution is 6.31. The lowest BCUT2D eigenvalue weighted by Gasteiger charge is -2.11. The topological polar surface area (TPSA) is 76.3 Å². The van der Waals surface area contributed by atoms with Crippen molar-refractivity contribution in [1.29, 1.82) is 5.26 Å². The zero-order chi connectivity index (χ0) is 22.5. The monoisotopic (exact) mass is 435 g/mol. The summed E-state index contributed by atoms with van der Waals surface area (Å²) in [5, 5.41) is 12.7. The molecule has 0 radical (unpaired) electrons. The number of hydrogen-bond donors (Lipinski definition) is 1. The largest absolute Gasteiger partial charge is 0.497 e. The molecule has 0 saturated carbocycles. The van der Waals surface area contributed by atoms with Gasteiger partial charge in [0.2, 0.25) is 0 Å². The molecule has 6 nitrogen and oxygen atoms in total. The number of carbonyl (C=O) groups excluding carboxylic acids is 1. The maximum absolute atomic E-state index is 12.7. The minimum absolute atomic E-state index is 0.0305. The van der Waals surface area contributed by atoms with Crippen molar-refractivity contribution in [2.24, 2.45) is 0 Å². The maximum atomic E-state index is 12.7. The number of nitrogens with one attached hydrogen (secondary N) is 1. The fourth-order valence-corrected chi connectivity index (χ4v) is 3.51. The molecule has 0 aliphatic rings. The van der Waals surface area contributed by atoms with Gasteiger partial charge in [0, 0.05) is 22.1 Å². The third-order valence-electron chi connectivity index (χ3n) is 4.88. The predicted octanol–water partition coefficient (Wildman–Crippen LogP) is 5.31. The molecule has 1 aromatic heterocycles. The highest BCUT2D eigenvalue weighted by Crippen LogP contribution is 2.29. The van der Waals surface area contributed by atoms with Crippen LogP contribution in [0.1, 0.15) is 17.0 Å². The van der Waals surface area contributed by atoms with E-state index in [9.17, 15) is 10.1 Å². The van der Waals surface area contributed by atoms with Gasteiger partial charge in [-0.2, -0.15) is 5.26 Å². The van der Waals surface area contributed by atoms with Crippen LogP contribution in [-0.4, -0.2) is 24.7 Å². The standard InChI is InChI=1S/C24H22ClN3O3/c1-15-11-17(16(2)28(15)20-6-8-21(30-3)9-7-20)12-18(14-26)24(29)27-22-13-19(25)5-10-23(22)31-4/h5-13H,1-4H3,(H,27,29)/b18-12+. The number of benzene rings is 2. The van der Waals surface area contributed by atoms with E-state index >= 15 is 0 Å². The number of aromatic nitrogens is 1. The summed E-state index contributed by atoms with van der Waals surface area (Å²) in [6.45, 7) is 3.91. The molecule has 3 aromatic rings. The SMILES string of the molecule is COc1ccc(-n2c(C)cc(/C=C(\C#N)C(=O)Nc3cc(Cl)ccc3OC)c2C)cc1. The van der Waals surface area contributed by atoms with Crippen molar-refractivity contribution >= 4 is 29.3 Å². The van der Waals surface area contributed by atoms with Gasteiger partial charge in [0.15, 0.2) is 0 Å². The Balaban J connectivity index is 1.93. The molecule has 0 aliphatic heterocycles. The number of nitrogens with zero attached hydrogens (tertiary/aromatic N) is 2. The predicted molar refractivity (Wildman–Crippen MR) is 122 cm³/mol. The Labute approximate surface area is 186 Å². The number of hydrogen-bond acceptors (Lipinski definition) is 4. The van der Waals surface area contributed by atoms with Gasteiger partial charge in [-0.1, -0.05) is 11.6 Å². The van der Waals surface area contributed by atoms with E-state index in [4.69, 9.17) is 21.1 Å². The molecule has 31 heavy (non-hydrogen) atoms. The van der Waals surface area contributed by atoms with Crippen LogP contribution in [0, 0.1) is 25.2 Å². The first-order valence-electron chi connectivity index (χ1n) is 9.48. The first kappa shape index (κ1) is 22.0. The van der Waals surface area contributed by atoms with E-state index in [0.29, 0.717) is 16.5 Å². The molecule has 158 valence electrons. The fraction of sp³-hybridized carbons (Fsp3) is 0.167. The molecule has 3 rings (SSSR count). The Hall–Kier alpha value is -3.69. The van der Waals surface area contributed by atoms with Crippen LogP contribution < -0.4 is 14.8 Å². The van der Waals surface area contributed by atoms with Crippen LogP contribution in [0.2, 0.25) is 5.02 Å². The number of methoxy groups -OCH3 is 2. The Morgan fingerprint density at radius 1 is 1.10 bits per heavy atom. The van der Waals surface area contributed by atoms with Gasteiger partial charge < -0.3 is 19.4 Å². The van der Waals surface area contributed by atoms with Crippen LogP contribution in [0.5, 0.6) is 11.5 Å². The lowest BCUT2D eigenvalue weighted by molar-refractivity contribution is -0.112. The van der Waals surface area contributed by atoms with Gasteiger partial charge in [-0.05, 0) is 74.0 Å². The molecule has 0 fully saturated rings. The van der Waals surface area contributed by atoms with Gasteiger partial charge in [-0.3, -0.25) is 4.79 Å². The highest BCUT2D eigenvalue weighted by Gasteiger charge is 2.16. The number of rotatable bonds is 6. The average Bonchev–Trinajstić information content (AvgIpc) is 3.05. The number of anilines is 1. The molecule has 1 N–H and O–H groups in total. The molecule has 1 amide bonds. The lowest BCUT2D eigenvalue weighted by Crippen LogP contribution is -2.14. The molecule has 7 heteroatoms. The number of ether oxygens (including phenoxy) is 2. The second-order valence-corrected chi connectivity index (χ2v) is 7.26. The zero-order valence-electron chi connectivity index (χ0n) is 17.7. The van der Waals surface area contributed by atoms with Crippen molar-refractivity contribution in [3.63, 3.8) is 0 Å². The Bertz CT molecular complexity index is 1190. The van der Waals surface area contributed by atoms with Crippen molar-refractivity contribution < 1.29 is 14.3 Å². The van der Waals surface area contributed by atoms with E-state index in [2.05, 4.69) is 9.88 Å². The number of amides is 1. The quantitative estimate of drug-likeness (QED) is 0.420. The van der Waals surface area contributed by atoms with E-state index < -0.39 is 5.91 Å². The number of halogens is 1. The van der Waals surface area contributed by atoms with Crippen LogP contribution in [0.3, 0.4) is 0 Å². The molecule has 1 heterocycles. The van der Waals surface area contributed by atoms with Crippen molar-refractivity contribution in [3.05, 3.63) is 76.1 Å². The highest BCUT2D eigenvalue weighted by atomic mass is 35.5. The van der Waals surface area contributed by atoms with E-state index in [1.165, 1.54) is 7.11 Å². The van der Waals surface area contributed by atoms with Crippen molar-refractivity contribution in [2.75, 3.05) is 19.5 Å². The van der Waals surface area contributed by atoms with E-state index in [-0.39, 0.29) is 5.57 Å². The number of nitriles is 1. The van der Waals surface area contributed by atoms with Gasteiger partial charge in [0.25, 0.3) is 5.91 Å². The van der Waals surface area contributed by atoms with Gasteiger partial charge in [0.1, 0.15) is 23.1 Å². The third-order valence-corrected chi connectivity index (χ3v) is 5.11. The number of carbonyl (C=O) groups is 1. The van der Waals surface area contributed by atoms with Gasteiger partial charge in [0.05, 0.1) is 19.9 Å². The minimum Gasteiger partial charge on any atom is -0.497 e. The van der Waals surface area contributed by atoms with Gasteiger partial charge in [-0.25, -0.2) is 0 Å². The second kappa shape index (κ2) is 9.41. The van der Waals surface area contributed by atoms with Crippen LogP contribution in [0.15, 0.2) is 54.1 Å². The molecule has 0 spiro atoms. The first-order chi connectivity index (χ1) is 14.9. The first-order valence-corrected chi connectivity index (χ1v) is 9.85. The van der Waals surface area contributed by atoms with Crippen molar-refractivity contribution in [2.45, 2.75) is 13.8 Å². The van der Waals surface area contributed by atoms with Gasteiger partial charge >= 0.3 is 0 Å². The zero-order valence-corrected chi connectivity index (χ0v) is 18.4. The smallest absolute Gasteiger partial charge is 0.266 e. The Morgan fingerprint density at radius 3 is 2.42 bits per heavy atom. The Morgan fingerprint density at radius 2 is 1.81 bits per heavy atom. The normalized spacial score (nSPS) is 11.0. The summed E-state index contributed by atoms with van der Waals surface area (Å²) in [6, 6.07) is 16.5. The summed E-state index contributed by atoms with van der Waals surface area (Å²) >= 11 is 6.02. The molecule has 2 aromatic carbocycles. The summed E-state index contributed by atoms with van der Waals surface area (Å²) in [5.74, 6) is 0.677. The molecule has 0 unspecified atom stereocenters. The molecule has 0 saturated heterocycles. The van der Waals surface area contributed by atoms with Crippen molar-refractivity contribution in [3.8, 4) is 23.3 Å². The summed E-state index contributed by atoms with van der Waals surface area (Å²) < 4.78 is 12.5. The molecule has 0 bridgehead atoms. The van der Waals surface area contributed by atoms with Crippen LogP contribution in [0.4, 0.5) is 5.69 Å². The van der Waals surface area contributed by atoms with E-state index in [1.54, 1.807) is 31.4 Å².